The number of carboxylic acids is 1. The van der Waals surface area contributed by atoms with Gasteiger partial charge in [-0.25, -0.2) is 0 Å². The molecule has 0 aliphatic heterocycles. The summed E-state index contributed by atoms with van der Waals surface area (Å²) in [5, 5.41) is 18.2. The number of phenols is 1. The van der Waals surface area contributed by atoms with Crippen LogP contribution in [0.5, 0.6) is 5.75 Å². The number of carbonyl (C=O) groups is 1. The largest absolute Gasteiger partial charge is 0.508 e. The van der Waals surface area contributed by atoms with Gasteiger partial charge in [0.05, 0.1) is 0 Å². The van der Waals surface area contributed by atoms with Crippen molar-refractivity contribution in [3.8, 4) is 5.75 Å². The molecule has 0 saturated heterocycles. The maximum absolute atomic E-state index is 10.4. The van der Waals surface area contributed by atoms with Gasteiger partial charge in [-0.2, -0.15) is 0 Å². The highest BCUT2D eigenvalue weighted by molar-refractivity contribution is 5.66. The minimum absolute atomic E-state index is 0.185. The second-order valence-electron chi connectivity index (χ2n) is 4.37. The predicted molar refractivity (Wildman–Crippen MR) is 66.0 cm³/mol. The zero-order valence-electron chi connectivity index (χ0n) is 10.3. The summed E-state index contributed by atoms with van der Waals surface area (Å²) in [5.74, 6) is -0.475. The molecule has 0 atom stereocenters. The Hall–Kier alpha value is -1.55. The van der Waals surface area contributed by atoms with Crippen LogP contribution in [0.25, 0.3) is 0 Å². The molecule has 4 nitrogen and oxygen atoms in total. The number of aromatic hydroxyl groups is 1. The van der Waals surface area contributed by atoms with Crippen LogP contribution in [0, 0.1) is 6.92 Å². The van der Waals surface area contributed by atoms with Gasteiger partial charge in [0.1, 0.15) is 5.75 Å². The van der Waals surface area contributed by atoms with E-state index >= 15 is 0 Å². The standard InChI is InChI=1S/C13H19NO3/c1-10-5-6-12(15)11(8-10)9-14(2)7-3-4-13(16)17/h5-6,8,15H,3-4,7,9H2,1-2H3,(H,16,17). The molecule has 0 radical (unpaired) electrons. The first kappa shape index (κ1) is 13.5. The normalized spacial score (nSPS) is 10.8. The van der Waals surface area contributed by atoms with Crippen molar-refractivity contribution in [2.45, 2.75) is 26.3 Å². The second kappa shape index (κ2) is 6.25. The molecule has 0 bridgehead atoms. The molecule has 0 saturated carbocycles. The lowest BCUT2D eigenvalue weighted by atomic mass is 10.1. The Morgan fingerprint density at radius 1 is 1.41 bits per heavy atom. The zero-order chi connectivity index (χ0) is 12.8. The third-order valence-corrected chi connectivity index (χ3v) is 2.61. The van der Waals surface area contributed by atoms with E-state index in [0.717, 1.165) is 11.1 Å². The minimum Gasteiger partial charge on any atom is -0.508 e. The Kier molecular flexibility index (Phi) is 4.97. The quantitative estimate of drug-likeness (QED) is 0.794. The van der Waals surface area contributed by atoms with Crippen LogP contribution in [0.4, 0.5) is 0 Å². The molecule has 0 unspecified atom stereocenters. The van der Waals surface area contributed by atoms with E-state index in [4.69, 9.17) is 5.11 Å². The fraction of sp³-hybridized carbons (Fsp3) is 0.462. The molecule has 94 valence electrons. The monoisotopic (exact) mass is 237 g/mol. The molecule has 0 aliphatic carbocycles. The summed E-state index contributed by atoms with van der Waals surface area (Å²) in [6.45, 7) is 3.32. The van der Waals surface area contributed by atoms with Gasteiger partial charge in [-0.3, -0.25) is 4.79 Å². The Balaban J connectivity index is 2.47. The van der Waals surface area contributed by atoms with E-state index in [9.17, 15) is 9.90 Å². The van der Waals surface area contributed by atoms with Gasteiger partial charge in [0, 0.05) is 18.5 Å². The molecule has 0 aliphatic rings. The van der Waals surface area contributed by atoms with Crippen LogP contribution in [0.1, 0.15) is 24.0 Å². The lowest BCUT2D eigenvalue weighted by molar-refractivity contribution is -0.137. The second-order valence-corrected chi connectivity index (χ2v) is 4.37. The molecule has 17 heavy (non-hydrogen) atoms. The Labute approximate surface area is 101 Å². The summed E-state index contributed by atoms with van der Waals surface area (Å²) < 4.78 is 0. The number of carboxylic acid groups (broad SMARTS) is 1. The molecule has 0 heterocycles. The first-order valence-corrected chi connectivity index (χ1v) is 5.68. The van der Waals surface area contributed by atoms with Crippen molar-refractivity contribution in [1.29, 1.82) is 0 Å². The fourth-order valence-corrected chi connectivity index (χ4v) is 1.71. The molecule has 1 aromatic carbocycles. The van der Waals surface area contributed by atoms with Crippen LogP contribution in [-0.2, 0) is 11.3 Å². The molecule has 2 N–H and O–H groups in total. The first-order valence-electron chi connectivity index (χ1n) is 5.68. The molecule has 0 fully saturated rings. The van der Waals surface area contributed by atoms with E-state index in [1.54, 1.807) is 6.07 Å². The van der Waals surface area contributed by atoms with Crippen LogP contribution < -0.4 is 0 Å². The van der Waals surface area contributed by atoms with Crippen LogP contribution in [0.15, 0.2) is 18.2 Å². The Morgan fingerprint density at radius 2 is 2.12 bits per heavy atom. The highest BCUT2D eigenvalue weighted by Crippen LogP contribution is 2.19. The van der Waals surface area contributed by atoms with Crippen molar-refractivity contribution in [3.63, 3.8) is 0 Å². The van der Waals surface area contributed by atoms with Crippen molar-refractivity contribution >= 4 is 5.97 Å². The molecular weight excluding hydrogens is 218 g/mol. The summed E-state index contributed by atoms with van der Waals surface area (Å²) in [6, 6.07) is 5.50. The van der Waals surface area contributed by atoms with Crippen molar-refractivity contribution in [2.75, 3.05) is 13.6 Å². The van der Waals surface area contributed by atoms with E-state index < -0.39 is 5.97 Å². The van der Waals surface area contributed by atoms with Crippen molar-refractivity contribution in [2.24, 2.45) is 0 Å². The van der Waals surface area contributed by atoms with Gasteiger partial charge >= 0.3 is 5.97 Å². The third-order valence-electron chi connectivity index (χ3n) is 2.61. The lowest BCUT2D eigenvalue weighted by Gasteiger charge is -2.17. The number of nitrogens with zero attached hydrogens (tertiary/aromatic N) is 1. The van der Waals surface area contributed by atoms with E-state index in [1.807, 2.05) is 31.0 Å². The first-order chi connectivity index (χ1) is 7.99. The predicted octanol–water partition coefficient (Wildman–Crippen LogP) is 2.00. The number of hydrogen-bond donors (Lipinski definition) is 2. The Bertz CT molecular complexity index is 390. The van der Waals surface area contributed by atoms with Gasteiger partial charge in [0.2, 0.25) is 0 Å². The molecule has 0 aromatic heterocycles. The smallest absolute Gasteiger partial charge is 0.303 e. The number of benzene rings is 1. The van der Waals surface area contributed by atoms with Gasteiger partial charge in [-0.1, -0.05) is 17.7 Å². The average molecular weight is 237 g/mol. The van der Waals surface area contributed by atoms with Crippen molar-refractivity contribution in [1.82, 2.24) is 4.90 Å². The van der Waals surface area contributed by atoms with Gasteiger partial charge in [-0.05, 0) is 33.0 Å². The van der Waals surface area contributed by atoms with Crippen LogP contribution in [0.3, 0.4) is 0 Å². The molecule has 0 amide bonds. The van der Waals surface area contributed by atoms with E-state index in [1.165, 1.54) is 0 Å². The van der Waals surface area contributed by atoms with Crippen molar-refractivity contribution in [3.05, 3.63) is 29.3 Å². The highest BCUT2D eigenvalue weighted by Gasteiger charge is 2.06. The summed E-state index contributed by atoms with van der Waals surface area (Å²) in [7, 11) is 1.92. The SMILES string of the molecule is Cc1ccc(O)c(CN(C)CCCC(=O)O)c1. The van der Waals surface area contributed by atoms with Crippen LogP contribution in [0.2, 0.25) is 0 Å². The van der Waals surface area contributed by atoms with Crippen molar-refractivity contribution < 1.29 is 15.0 Å². The number of aliphatic carboxylic acids is 1. The summed E-state index contributed by atoms with van der Waals surface area (Å²) >= 11 is 0. The maximum atomic E-state index is 10.4. The third kappa shape index (κ3) is 4.87. The van der Waals surface area contributed by atoms with Crippen LogP contribution >= 0.6 is 0 Å². The zero-order valence-corrected chi connectivity index (χ0v) is 10.3. The summed E-state index contributed by atoms with van der Waals surface area (Å²) in [4.78, 5) is 12.4. The van der Waals surface area contributed by atoms with Crippen LogP contribution in [-0.4, -0.2) is 34.7 Å². The number of aryl methyl sites for hydroxylation is 1. The molecule has 0 spiro atoms. The number of phenolic OH excluding ortho intramolecular Hbond substituents is 1. The van der Waals surface area contributed by atoms with E-state index in [2.05, 4.69) is 0 Å². The lowest BCUT2D eigenvalue weighted by Crippen LogP contribution is -2.19. The van der Waals surface area contributed by atoms with Gasteiger partial charge < -0.3 is 15.1 Å². The average Bonchev–Trinajstić information content (AvgIpc) is 2.23. The molecule has 1 rings (SSSR count). The Morgan fingerprint density at radius 3 is 2.76 bits per heavy atom. The number of hydrogen-bond acceptors (Lipinski definition) is 3. The molecule has 1 aromatic rings. The fourth-order valence-electron chi connectivity index (χ4n) is 1.71. The maximum Gasteiger partial charge on any atom is 0.303 e. The summed E-state index contributed by atoms with van der Waals surface area (Å²) in [5.41, 5.74) is 1.99. The molecule has 4 heteroatoms. The van der Waals surface area contributed by atoms with Gasteiger partial charge in [0.25, 0.3) is 0 Å². The molecular formula is C13H19NO3. The van der Waals surface area contributed by atoms with Gasteiger partial charge in [-0.15, -0.1) is 0 Å². The highest BCUT2D eigenvalue weighted by atomic mass is 16.4. The number of rotatable bonds is 6. The topological polar surface area (TPSA) is 60.8 Å². The van der Waals surface area contributed by atoms with E-state index in [-0.39, 0.29) is 6.42 Å². The minimum atomic E-state index is -0.767. The van der Waals surface area contributed by atoms with Gasteiger partial charge in [0.15, 0.2) is 0 Å². The summed E-state index contributed by atoms with van der Waals surface area (Å²) in [6.07, 6.45) is 0.808. The van der Waals surface area contributed by atoms with E-state index in [0.29, 0.717) is 25.3 Å².